The summed E-state index contributed by atoms with van der Waals surface area (Å²) in [5.41, 5.74) is 5.80. The van der Waals surface area contributed by atoms with Crippen molar-refractivity contribution in [3.63, 3.8) is 0 Å². The van der Waals surface area contributed by atoms with Crippen molar-refractivity contribution in [1.82, 2.24) is 10.3 Å². The number of carbonyl (C=O) groups is 1. The molecule has 0 fully saturated rings. The minimum absolute atomic E-state index is 0.000598. The molecular weight excluding hydrogens is 504 g/mol. The molecule has 0 radical (unpaired) electrons. The fraction of sp³-hybridized carbons (Fsp3) is 0.333. The molecule has 1 amide bonds. The summed E-state index contributed by atoms with van der Waals surface area (Å²) in [4.78, 5) is 16.6. The molecule has 0 aliphatic carbocycles. The van der Waals surface area contributed by atoms with Crippen molar-refractivity contribution in [2.45, 2.75) is 31.3 Å². The van der Waals surface area contributed by atoms with Gasteiger partial charge in [-0.1, -0.05) is 41.9 Å². The second-order valence-corrected chi connectivity index (χ2v) is 9.10. The Balaban J connectivity index is 1.94. The van der Waals surface area contributed by atoms with Gasteiger partial charge in [-0.15, -0.1) is 0 Å². The third kappa shape index (κ3) is 5.12. The van der Waals surface area contributed by atoms with Crippen molar-refractivity contribution in [3.05, 3.63) is 75.9 Å². The van der Waals surface area contributed by atoms with E-state index in [0.717, 1.165) is 24.6 Å². The van der Waals surface area contributed by atoms with E-state index in [1.54, 1.807) is 0 Å². The molecule has 1 atom stereocenters. The first-order valence-electron chi connectivity index (χ1n) is 12.0. The van der Waals surface area contributed by atoms with Gasteiger partial charge in [-0.25, -0.2) is 13.8 Å². The van der Waals surface area contributed by atoms with E-state index < -0.39 is 29.0 Å². The van der Waals surface area contributed by atoms with E-state index in [1.807, 2.05) is 30.3 Å². The van der Waals surface area contributed by atoms with Gasteiger partial charge in [0.1, 0.15) is 23.8 Å². The fourth-order valence-corrected chi connectivity index (χ4v) is 4.97. The zero-order valence-electron chi connectivity index (χ0n) is 20.3. The van der Waals surface area contributed by atoms with Crippen LogP contribution in [0.15, 0.2) is 42.6 Å². The molecule has 10 heteroatoms. The zero-order valence-corrected chi connectivity index (χ0v) is 21.1. The average molecular weight is 532 g/mol. The molecule has 0 saturated carbocycles. The Bertz CT molecular complexity index is 1290. The SMILES string of the molecule is CNC(=O)c1cnc(OCCO)c(F)c1-c1c(Cl)c(F)cc2c1CC(CCCCN)(c1ccccc1)O2. The Kier molecular flexibility index (Phi) is 8.26. The number of aliphatic hydroxyl groups excluding tert-OH is 1. The number of amides is 1. The minimum Gasteiger partial charge on any atom is -0.482 e. The number of rotatable bonds is 10. The Morgan fingerprint density at radius 2 is 2.03 bits per heavy atom. The third-order valence-corrected chi connectivity index (χ3v) is 6.80. The number of aromatic nitrogens is 1. The first kappa shape index (κ1) is 26.8. The summed E-state index contributed by atoms with van der Waals surface area (Å²) >= 11 is 6.48. The lowest BCUT2D eigenvalue weighted by molar-refractivity contribution is 0.0793. The standard InChI is InChI=1S/C27H28ClF2N3O4/c1-32-25(35)18-15-33-26(36-12-11-34)24(30)22(18)21-17-14-27(9-5-6-10-31,16-7-3-2-4-8-16)37-20(17)13-19(29)23(21)28/h2-4,7-8,13,15,34H,5-6,9-12,14,31H2,1H3,(H,32,35). The van der Waals surface area contributed by atoms with Crippen LogP contribution in [0.3, 0.4) is 0 Å². The van der Waals surface area contributed by atoms with Gasteiger partial charge in [0.05, 0.1) is 17.2 Å². The van der Waals surface area contributed by atoms with Gasteiger partial charge >= 0.3 is 0 Å². The number of halogens is 3. The Labute approximate surface area is 218 Å². The molecule has 2 heterocycles. The van der Waals surface area contributed by atoms with Gasteiger partial charge in [0.2, 0.25) is 0 Å². The lowest BCUT2D eigenvalue weighted by Crippen LogP contribution is -2.31. The normalized spacial score (nSPS) is 16.3. The summed E-state index contributed by atoms with van der Waals surface area (Å²) in [5.74, 6) is -2.68. The topological polar surface area (TPSA) is 107 Å². The number of nitrogens with two attached hydrogens (primary N) is 1. The van der Waals surface area contributed by atoms with E-state index in [0.29, 0.717) is 18.5 Å². The van der Waals surface area contributed by atoms with Crippen molar-refractivity contribution in [1.29, 1.82) is 0 Å². The number of nitrogens with zero attached hydrogens (tertiary/aromatic N) is 1. The van der Waals surface area contributed by atoms with Gasteiger partial charge < -0.3 is 25.6 Å². The van der Waals surface area contributed by atoms with Crippen LogP contribution < -0.4 is 20.5 Å². The number of benzene rings is 2. The number of carbonyl (C=O) groups excluding carboxylic acids is 1. The number of hydrogen-bond donors (Lipinski definition) is 3. The molecule has 1 unspecified atom stereocenters. The summed E-state index contributed by atoms with van der Waals surface area (Å²) < 4.78 is 42.8. The molecule has 4 N–H and O–H groups in total. The van der Waals surface area contributed by atoms with Gasteiger partial charge in [-0.05, 0) is 31.4 Å². The summed E-state index contributed by atoms with van der Waals surface area (Å²) in [7, 11) is 1.39. The first-order valence-corrected chi connectivity index (χ1v) is 12.3. The Morgan fingerprint density at radius 1 is 1.27 bits per heavy atom. The van der Waals surface area contributed by atoms with Crippen LogP contribution in [-0.4, -0.2) is 42.8 Å². The van der Waals surface area contributed by atoms with Crippen LogP contribution in [0.2, 0.25) is 5.02 Å². The summed E-state index contributed by atoms with van der Waals surface area (Å²) in [6.45, 7) is -0.0864. The molecular formula is C27H28ClF2N3O4. The largest absolute Gasteiger partial charge is 0.482 e. The summed E-state index contributed by atoms with van der Waals surface area (Å²) in [6, 6.07) is 10.7. The number of nitrogens with one attached hydrogen (secondary N) is 1. The van der Waals surface area contributed by atoms with Gasteiger partial charge in [-0.2, -0.15) is 0 Å². The van der Waals surface area contributed by atoms with Crippen LogP contribution in [0.4, 0.5) is 8.78 Å². The van der Waals surface area contributed by atoms with E-state index >= 15 is 8.78 Å². The predicted molar refractivity (Wildman–Crippen MR) is 136 cm³/mol. The molecule has 1 aliphatic heterocycles. The van der Waals surface area contributed by atoms with Crippen LogP contribution in [-0.2, 0) is 12.0 Å². The number of pyridine rings is 1. The molecule has 37 heavy (non-hydrogen) atoms. The highest BCUT2D eigenvalue weighted by molar-refractivity contribution is 6.34. The summed E-state index contributed by atoms with van der Waals surface area (Å²) in [6.07, 6.45) is 3.49. The molecule has 7 nitrogen and oxygen atoms in total. The average Bonchev–Trinajstić information content (AvgIpc) is 3.28. The van der Waals surface area contributed by atoms with Crippen LogP contribution in [0.1, 0.15) is 40.7 Å². The van der Waals surface area contributed by atoms with Crippen LogP contribution in [0.25, 0.3) is 11.1 Å². The van der Waals surface area contributed by atoms with Gasteiger partial charge in [0.15, 0.2) is 5.82 Å². The van der Waals surface area contributed by atoms with Crippen molar-refractivity contribution < 1.29 is 28.2 Å². The van der Waals surface area contributed by atoms with Crippen molar-refractivity contribution in [2.75, 3.05) is 26.8 Å². The number of unbranched alkanes of at least 4 members (excludes halogenated alkanes) is 1. The highest BCUT2D eigenvalue weighted by Gasteiger charge is 2.43. The van der Waals surface area contributed by atoms with Gasteiger partial charge in [0.25, 0.3) is 11.8 Å². The van der Waals surface area contributed by atoms with Crippen molar-refractivity contribution in [2.24, 2.45) is 5.73 Å². The van der Waals surface area contributed by atoms with Crippen molar-refractivity contribution >= 4 is 17.5 Å². The number of hydrogen-bond acceptors (Lipinski definition) is 6. The maximum absolute atomic E-state index is 15.9. The van der Waals surface area contributed by atoms with E-state index in [2.05, 4.69) is 10.3 Å². The number of aliphatic hydroxyl groups is 1. The zero-order chi connectivity index (χ0) is 26.6. The van der Waals surface area contributed by atoms with E-state index in [4.69, 9.17) is 31.9 Å². The number of ether oxygens (including phenoxy) is 2. The van der Waals surface area contributed by atoms with E-state index in [-0.39, 0.29) is 47.1 Å². The highest BCUT2D eigenvalue weighted by Crippen LogP contribution is 2.51. The molecule has 2 aromatic carbocycles. The maximum atomic E-state index is 15.9. The van der Waals surface area contributed by atoms with E-state index in [9.17, 15) is 4.79 Å². The monoisotopic (exact) mass is 531 g/mol. The number of fused-ring (bicyclic) bond motifs is 1. The molecule has 4 rings (SSSR count). The fourth-order valence-electron chi connectivity index (χ4n) is 4.71. The minimum atomic E-state index is -0.996. The Hall–Kier alpha value is -3.27. The van der Waals surface area contributed by atoms with E-state index in [1.165, 1.54) is 13.1 Å². The molecule has 3 aromatic rings. The molecule has 0 saturated heterocycles. The maximum Gasteiger partial charge on any atom is 0.253 e. The van der Waals surface area contributed by atoms with Crippen LogP contribution >= 0.6 is 11.6 Å². The lowest BCUT2D eigenvalue weighted by atomic mass is 9.82. The molecule has 0 spiro atoms. The third-order valence-electron chi connectivity index (χ3n) is 6.43. The van der Waals surface area contributed by atoms with Crippen LogP contribution in [0, 0.1) is 11.6 Å². The molecule has 0 bridgehead atoms. The first-order chi connectivity index (χ1) is 17.9. The molecule has 1 aromatic heterocycles. The Morgan fingerprint density at radius 3 is 2.70 bits per heavy atom. The second kappa shape index (κ2) is 11.4. The van der Waals surface area contributed by atoms with Crippen molar-refractivity contribution in [3.8, 4) is 22.8 Å². The van der Waals surface area contributed by atoms with Gasteiger partial charge in [-0.3, -0.25) is 4.79 Å². The predicted octanol–water partition coefficient (Wildman–Crippen LogP) is 4.37. The lowest BCUT2D eigenvalue weighted by Gasteiger charge is -2.29. The van der Waals surface area contributed by atoms with Crippen LogP contribution in [0.5, 0.6) is 11.6 Å². The summed E-state index contributed by atoms with van der Waals surface area (Å²) in [5, 5.41) is 11.2. The highest BCUT2D eigenvalue weighted by atomic mass is 35.5. The molecule has 196 valence electrons. The molecule has 1 aliphatic rings. The van der Waals surface area contributed by atoms with Gasteiger partial charge in [0, 0.05) is 42.4 Å². The smallest absolute Gasteiger partial charge is 0.253 e. The second-order valence-electron chi connectivity index (χ2n) is 8.73. The quantitative estimate of drug-likeness (QED) is 0.335.